The van der Waals surface area contributed by atoms with Crippen molar-refractivity contribution >= 4 is 48.9 Å². The van der Waals surface area contributed by atoms with E-state index in [1.54, 1.807) is 37.3 Å². The summed E-state index contributed by atoms with van der Waals surface area (Å²) < 4.78 is 52.5. The molecular weight excluding hydrogens is 486 g/mol. The molecule has 1 heterocycles. The van der Waals surface area contributed by atoms with Crippen LogP contribution in [0.5, 0.6) is 0 Å². The number of nitrogens with one attached hydrogen (secondary N) is 1. The number of halogens is 1. The van der Waals surface area contributed by atoms with E-state index in [2.05, 4.69) is 5.32 Å². The summed E-state index contributed by atoms with van der Waals surface area (Å²) in [4.78, 5) is 12.6. The minimum atomic E-state index is -3.56. The van der Waals surface area contributed by atoms with Gasteiger partial charge in [-0.2, -0.15) is 4.31 Å². The van der Waals surface area contributed by atoms with E-state index in [9.17, 15) is 21.6 Å². The van der Waals surface area contributed by atoms with Gasteiger partial charge >= 0.3 is 0 Å². The predicted octanol–water partition coefficient (Wildman–Crippen LogP) is 3.62. The summed E-state index contributed by atoms with van der Waals surface area (Å²) in [7, 11) is -7.06. The zero-order valence-corrected chi connectivity index (χ0v) is 21.0. The summed E-state index contributed by atoms with van der Waals surface area (Å²) in [6.07, 6.45) is 3.24. The highest BCUT2D eigenvalue weighted by atomic mass is 35.5. The normalized spacial score (nSPS) is 14.9. The lowest BCUT2D eigenvalue weighted by molar-refractivity contribution is -0.116. The molecule has 0 saturated carbocycles. The molecule has 1 fully saturated rings. The minimum Gasteiger partial charge on any atom is -0.326 e. The van der Waals surface area contributed by atoms with Crippen LogP contribution in [-0.4, -0.2) is 52.9 Å². The molecule has 11 heteroatoms. The van der Waals surface area contributed by atoms with Crippen LogP contribution in [-0.2, 0) is 24.8 Å². The maximum Gasteiger partial charge on any atom is 0.243 e. The Morgan fingerprint density at radius 1 is 1.06 bits per heavy atom. The van der Waals surface area contributed by atoms with Gasteiger partial charge in [0.1, 0.15) is 0 Å². The molecule has 1 aliphatic heterocycles. The van der Waals surface area contributed by atoms with Crippen LogP contribution in [0.4, 0.5) is 11.4 Å². The van der Waals surface area contributed by atoms with Gasteiger partial charge in [0.2, 0.25) is 26.0 Å². The van der Waals surface area contributed by atoms with E-state index in [4.69, 9.17) is 11.6 Å². The molecule has 0 aliphatic carbocycles. The van der Waals surface area contributed by atoms with Crippen molar-refractivity contribution in [3.05, 3.63) is 53.1 Å². The maximum absolute atomic E-state index is 12.6. The van der Waals surface area contributed by atoms with E-state index in [1.165, 1.54) is 20.7 Å². The summed E-state index contributed by atoms with van der Waals surface area (Å²) in [6, 6.07) is 11.1. The standard InChI is InChI=1S/C22H28ClN3O5S2/c1-17-20(23)7-5-8-21(17)26(32(2,28)29)16-6-9-22(27)24-18-10-12-19(13-11-18)33(30,31)25-14-3-4-15-25/h5,7-8,10-13H,3-4,6,9,14-16H2,1-2H3,(H,24,27). The van der Waals surface area contributed by atoms with Crippen LogP contribution < -0.4 is 9.62 Å². The number of carbonyl (C=O) groups excluding carboxylic acids is 1. The molecule has 1 saturated heterocycles. The van der Waals surface area contributed by atoms with Gasteiger partial charge in [-0.05, 0) is 68.1 Å². The quantitative estimate of drug-likeness (QED) is 0.551. The minimum absolute atomic E-state index is 0.0967. The van der Waals surface area contributed by atoms with Crippen LogP contribution in [0.15, 0.2) is 47.4 Å². The number of benzene rings is 2. The molecule has 1 N–H and O–H groups in total. The third-order valence-corrected chi connectivity index (χ3v) is 9.02. The van der Waals surface area contributed by atoms with Crippen molar-refractivity contribution < 1.29 is 21.6 Å². The molecule has 0 radical (unpaired) electrons. The number of anilines is 2. The van der Waals surface area contributed by atoms with Crippen LogP contribution >= 0.6 is 11.6 Å². The highest BCUT2D eigenvalue weighted by Crippen LogP contribution is 2.28. The van der Waals surface area contributed by atoms with E-state index in [0.717, 1.165) is 19.1 Å². The second-order valence-corrected chi connectivity index (χ2v) is 12.3. The second kappa shape index (κ2) is 10.4. The summed E-state index contributed by atoms with van der Waals surface area (Å²) in [5.74, 6) is -0.290. The van der Waals surface area contributed by atoms with Gasteiger partial charge in [-0.3, -0.25) is 9.10 Å². The fourth-order valence-corrected chi connectivity index (χ4v) is 6.43. The lowest BCUT2D eigenvalue weighted by atomic mass is 10.2. The Labute approximate surface area is 200 Å². The van der Waals surface area contributed by atoms with Crippen molar-refractivity contribution in [2.24, 2.45) is 0 Å². The van der Waals surface area contributed by atoms with Gasteiger partial charge in [-0.1, -0.05) is 17.7 Å². The zero-order valence-electron chi connectivity index (χ0n) is 18.6. The lowest BCUT2D eigenvalue weighted by Crippen LogP contribution is -2.32. The number of rotatable bonds is 9. The molecule has 2 aromatic rings. The first-order valence-corrected chi connectivity index (χ1v) is 14.3. The molecule has 0 aromatic heterocycles. The van der Waals surface area contributed by atoms with Gasteiger partial charge in [-0.15, -0.1) is 0 Å². The molecule has 0 bridgehead atoms. The van der Waals surface area contributed by atoms with E-state index < -0.39 is 20.0 Å². The molecule has 1 amide bonds. The highest BCUT2D eigenvalue weighted by molar-refractivity contribution is 7.92. The van der Waals surface area contributed by atoms with Crippen LogP contribution in [0.25, 0.3) is 0 Å². The van der Waals surface area contributed by atoms with Crippen LogP contribution in [0.1, 0.15) is 31.2 Å². The molecule has 0 atom stereocenters. The van der Waals surface area contributed by atoms with Crippen molar-refractivity contribution in [3.8, 4) is 0 Å². The first-order valence-electron chi connectivity index (χ1n) is 10.6. The van der Waals surface area contributed by atoms with Crippen molar-refractivity contribution in [2.45, 2.75) is 37.5 Å². The molecule has 0 spiro atoms. The first-order chi connectivity index (χ1) is 15.5. The van der Waals surface area contributed by atoms with Crippen LogP contribution in [0, 0.1) is 6.92 Å². The molecular formula is C22H28ClN3O5S2. The molecule has 0 unspecified atom stereocenters. The summed E-state index contributed by atoms with van der Waals surface area (Å²) in [6.45, 7) is 2.93. The SMILES string of the molecule is Cc1c(Cl)cccc1N(CCCC(=O)Nc1ccc(S(=O)(=O)N2CCCC2)cc1)S(C)(=O)=O. The third kappa shape index (κ3) is 6.26. The number of nitrogens with zero attached hydrogens (tertiary/aromatic N) is 2. The smallest absolute Gasteiger partial charge is 0.243 e. The zero-order chi connectivity index (χ0) is 24.2. The molecule has 180 valence electrons. The van der Waals surface area contributed by atoms with Gasteiger partial charge in [0.05, 0.1) is 16.8 Å². The molecule has 33 heavy (non-hydrogen) atoms. The van der Waals surface area contributed by atoms with Gasteiger partial charge in [0, 0.05) is 36.8 Å². The van der Waals surface area contributed by atoms with E-state index in [1.807, 2.05) is 0 Å². The van der Waals surface area contributed by atoms with Crippen molar-refractivity contribution in [3.63, 3.8) is 0 Å². The average Bonchev–Trinajstić information content (AvgIpc) is 3.29. The van der Waals surface area contributed by atoms with Crippen molar-refractivity contribution in [1.29, 1.82) is 0 Å². The Hall–Kier alpha value is -2.14. The summed E-state index contributed by atoms with van der Waals surface area (Å²) in [5, 5.41) is 3.19. The fourth-order valence-electron chi connectivity index (χ4n) is 3.73. The second-order valence-electron chi connectivity index (χ2n) is 8.01. The summed E-state index contributed by atoms with van der Waals surface area (Å²) in [5.41, 5.74) is 1.62. The fraction of sp³-hybridized carbons (Fsp3) is 0.409. The van der Waals surface area contributed by atoms with Crippen LogP contribution in [0.3, 0.4) is 0 Å². The molecule has 8 nitrogen and oxygen atoms in total. The topological polar surface area (TPSA) is 104 Å². The Kier molecular flexibility index (Phi) is 8.04. The van der Waals surface area contributed by atoms with E-state index in [0.29, 0.717) is 41.5 Å². The lowest BCUT2D eigenvalue weighted by Gasteiger charge is -2.24. The molecule has 2 aromatic carbocycles. The Morgan fingerprint density at radius 2 is 1.70 bits per heavy atom. The number of carbonyl (C=O) groups is 1. The Bertz CT molecular complexity index is 1210. The molecule has 1 aliphatic rings. The largest absolute Gasteiger partial charge is 0.326 e. The van der Waals surface area contributed by atoms with Crippen molar-refractivity contribution in [2.75, 3.05) is 35.5 Å². The van der Waals surface area contributed by atoms with Gasteiger partial charge < -0.3 is 5.32 Å². The Morgan fingerprint density at radius 3 is 2.30 bits per heavy atom. The summed E-state index contributed by atoms with van der Waals surface area (Å²) >= 11 is 6.13. The molecule has 3 rings (SSSR count). The third-order valence-electron chi connectivity index (χ3n) is 5.51. The Balaban J connectivity index is 1.59. The number of hydrogen-bond donors (Lipinski definition) is 1. The number of amides is 1. The number of sulfonamides is 2. The van der Waals surface area contributed by atoms with Gasteiger partial charge in [0.25, 0.3) is 0 Å². The predicted molar refractivity (Wildman–Crippen MR) is 131 cm³/mol. The van der Waals surface area contributed by atoms with Crippen molar-refractivity contribution in [1.82, 2.24) is 4.31 Å². The monoisotopic (exact) mass is 513 g/mol. The first kappa shape index (κ1) is 25.5. The maximum atomic E-state index is 12.6. The average molecular weight is 514 g/mol. The number of hydrogen-bond acceptors (Lipinski definition) is 5. The highest BCUT2D eigenvalue weighted by Gasteiger charge is 2.27. The van der Waals surface area contributed by atoms with Gasteiger partial charge in [0.15, 0.2) is 0 Å². The van der Waals surface area contributed by atoms with E-state index in [-0.39, 0.29) is 23.8 Å². The van der Waals surface area contributed by atoms with Crippen LogP contribution in [0.2, 0.25) is 5.02 Å². The van der Waals surface area contributed by atoms with Gasteiger partial charge in [-0.25, -0.2) is 16.8 Å². The van der Waals surface area contributed by atoms with E-state index >= 15 is 0 Å².